The van der Waals surface area contributed by atoms with Crippen molar-refractivity contribution in [3.8, 4) is 17.1 Å². The molecule has 0 unspecified atom stereocenters. The highest BCUT2D eigenvalue weighted by molar-refractivity contribution is 5.68. The minimum absolute atomic E-state index is 0.753. The summed E-state index contributed by atoms with van der Waals surface area (Å²) in [6, 6.07) is 8.23. The van der Waals surface area contributed by atoms with Crippen LogP contribution >= 0.6 is 0 Å². The van der Waals surface area contributed by atoms with Crippen LogP contribution in [0.25, 0.3) is 17.1 Å². The number of hydrogen-bond donors (Lipinski definition) is 0. The van der Waals surface area contributed by atoms with Gasteiger partial charge in [0, 0.05) is 38.1 Å². The molecule has 0 aliphatic carbocycles. The summed E-state index contributed by atoms with van der Waals surface area (Å²) in [5.74, 6) is 1.71. The van der Waals surface area contributed by atoms with Crippen LogP contribution in [0.5, 0.6) is 0 Å². The van der Waals surface area contributed by atoms with Crippen LogP contribution < -0.4 is 4.90 Å². The highest BCUT2D eigenvalue weighted by atomic mass is 15.4. The predicted octanol–water partition coefficient (Wildman–Crippen LogP) is 2.97. The van der Waals surface area contributed by atoms with Gasteiger partial charge in [-0.15, -0.1) is 5.10 Å². The molecule has 0 atom stereocenters. The van der Waals surface area contributed by atoms with E-state index in [0.29, 0.717) is 0 Å². The molecule has 3 aromatic rings. The number of hydrogen-bond acceptors (Lipinski definition) is 4. The third-order valence-electron chi connectivity index (χ3n) is 4.52. The average molecular weight is 322 g/mol. The quantitative estimate of drug-likeness (QED) is 0.744. The van der Waals surface area contributed by atoms with E-state index in [9.17, 15) is 0 Å². The molecular weight excluding hydrogens is 300 g/mol. The van der Waals surface area contributed by atoms with Crippen molar-refractivity contribution in [3.05, 3.63) is 42.2 Å². The summed E-state index contributed by atoms with van der Waals surface area (Å²) in [6.07, 6.45) is 7.50. The van der Waals surface area contributed by atoms with Gasteiger partial charge >= 0.3 is 0 Å². The Labute approximate surface area is 141 Å². The van der Waals surface area contributed by atoms with E-state index in [2.05, 4.69) is 40.2 Å². The molecule has 1 aromatic carbocycles. The van der Waals surface area contributed by atoms with Gasteiger partial charge < -0.3 is 4.90 Å². The van der Waals surface area contributed by atoms with Gasteiger partial charge in [0.2, 0.25) is 5.95 Å². The molecule has 4 rings (SSSR count). The number of rotatable bonds is 3. The lowest BCUT2D eigenvalue weighted by Crippen LogP contribution is -2.31. The van der Waals surface area contributed by atoms with E-state index >= 15 is 0 Å². The lowest BCUT2D eigenvalue weighted by Gasteiger charge is -2.26. The third-order valence-corrected chi connectivity index (χ3v) is 4.52. The Morgan fingerprint density at radius 1 is 1.08 bits per heavy atom. The van der Waals surface area contributed by atoms with E-state index in [0.717, 1.165) is 36.1 Å². The minimum Gasteiger partial charge on any atom is -0.341 e. The van der Waals surface area contributed by atoms with Gasteiger partial charge in [0.15, 0.2) is 5.82 Å². The van der Waals surface area contributed by atoms with Gasteiger partial charge in [0.1, 0.15) is 0 Å². The highest BCUT2D eigenvalue weighted by Crippen LogP contribution is 2.27. The van der Waals surface area contributed by atoms with Crippen LogP contribution in [0.4, 0.5) is 5.95 Å². The summed E-state index contributed by atoms with van der Waals surface area (Å²) in [5.41, 5.74) is 3.20. The van der Waals surface area contributed by atoms with Gasteiger partial charge in [0.25, 0.3) is 0 Å². The van der Waals surface area contributed by atoms with Crippen LogP contribution in [0.1, 0.15) is 24.8 Å². The van der Waals surface area contributed by atoms with Gasteiger partial charge in [-0.3, -0.25) is 0 Å². The molecule has 1 fully saturated rings. The number of benzene rings is 1. The summed E-state index contributed by atoms with van der Waals surface area (Å²) in [4.78, 5) is 7.18. The Morgan fingerprint density at radius 3 is 2.67 bits per heavy atom. The topological polar surface area (TPSA) is 51.8 Å². The first-order valence-electron chi connectivity index (χ1n) is 8.49. The van der Waals surface area contributed by atoms with Crippen molar-refractivity contribution in [1.82, 2.24) is 24.5 Å². The number of aryl methyl sites for hydroxylation is 2. The van der Waals surface area contributed by atoms with E-state index < -0.39 is 0 Å². The Balaban J connectivity index is 1.77. The standard InChI is InChI=1S/C18H22N6/c1-14-7-8-15(16(13-14)24-12-6-9-19-24)17-20-18(22(2)21-17)23-10-4-3-5-11-23/h6-9,12-13H,3-5,10-11H2,1-2H3. The van der Waals surface area contributed by atoms with Crippen LogP contribution in [-0.2, 0) is 7.05 Å². The minimum atomic E-state index is 0.753. The zero-order chi connectivity index (χ0) is 16.5. The van der Waals surface area contributed by atoms with Crippen LogP contribution in [0.3, 0.4) is 0 Å². The van der Waals surface area contributed by atoms with Crippen LogP contribution in [0, 0.1) is 6.92 Å². The van der Waals surface area contributed by atoms with Crippen molar-refractivity contribution in [3.63, 3.8) is 0 Å². The van der Waals surface area contributed by atoms with E-state index in [-0.39, 0.29) is 0 Å². The number of aromatic nitrogens is 5. The summed E-state index contributed by atoms with van der Waals surface area (Å²) in [6.45, 7) is 4.21. The second kappa shape index (κ2) is 6.11. The Morgan fingerprint density at radius 2 is 1.92 bits per heavy atom. The van der Waals surface area contributed by atoms with Crippen LogP contribution in [0.2, 0.25) is 0 Å². The SMILES string of the molecule is Cc1ccc(-c2nc(N3CCCCC3)n(C)n2)c(-n2cccn2)c1. The fourth-order valence-corrected chi connectivity index (χ4v) is 3.29. The van der Waals surface area contributed by atoms with E-state index in [1.54, 1.807) is 6.20 Å². The monoisotopic (exact) mass is 322 g/mol. The maximum absolute atomic E-state index is 4.84. The fourth-order valence-electron chi connectivity index (χ4n) is 3.29. The molecule has 0 bridgehead atoms. The molecule has 1 aliphatic rings. The second-order valence-corrected chi connectivity index (χ2v) is 6.38. The fraction of sp³-hybridized carbons (Fsp3) is 0.389. The van der Waals surface area contributed by atoms with Gasteiger partial charge in [-0.05, 0) is 49.9 Å². The van der Waals surface area contributed by atoms with Crippen molar-refractivity contribution < 1.29 is 0 Å². The molecule has 0 spiro atoms. The number of nitrogens with zero attached hydrogens (tertiary/aromatic N) is 6. The van der Waals surface area contributed by atoms with Crippen molar-refractivity contribution in [2.24, 2.45) is 7.05 Å². The molecular formula is C18H22N6. The van der Waals surface area contributed by atoms with Crippen molar-refractivity contribution in [1.29, 1.82) is 0 Å². The number of anilines is 1. The van der Waals surface area contributed by atoms with Crippen LogP contribution in [-0.4, -0.2) is 37.6 Å². The summed E-state index contributed by atoms with van der Waals surface area (Å²) >= 11 is 0. The molecule has 0 saturated carbocycles. The van der Waals surface area contributed by atoms with Crippen molar-refractivity contribution in [2.75, 3.05) is 18.0 Å². The summed E-state index contributed by atoms with van der Waals surface area (Å²) in [5, 5.41) is 9.06. The van der Waals surface area contributed by atoms with Gasteiger partial charge in [-0.2, -0.15) is 10.1 Å². The molecule has 6 heteroatoms. The van der Waals surface area contributed by atoms with Crippen molar-refractivity contribution >= 4 is 5.95 Å². The van der Waals surface area contributed by atoms with E-state index in [4.69, 9.17) is 4.98 Å². The predicted molar refractivity (Wildman–Crippen MR) is 94.4 cm³/mol. The Bertz CT molecular complexity index is 827. The summed E-state index contributed by atoms with van der Waals surface area (Å²) < 4.78 is 3.77. The summed E-state index contributed by atoms with van der Waals surface area (Å²) in [7, 11) is 1.97. The first-order valence-corrected chi connectivity index (χ1v) is 8.49. The second-order valence-electron chi connectivity index (χ2n) is 6.38. The van der Waals surface area contributed by atoms with Gasteiger partial charge in [-0.25, -0.2) is 9.36 Å². The molecule has 0 amide bonds. The zero-order valence-corrected chi connectivity index (χ0v) is 14.2. The highest BCUT2D eigenvalue weighted by Gasteiger charge is 2.20. The maximum Gasteiger partial charge on any atom is 0.224 e. The molecule has 2 aromatic heterocycles. The zero-order valence-electron chi connectivity index (χ0n) is 14.2. The molecule has 6 nitrogen and oxygen atoms in total. The van der Waals surface area contributed by atoms with Gasteiger partial charge in [0.05, 0.1) is 5.69 Å². The van der Waals surface area contributed by atoms with E-state index in [1.165, 1.54) is 24.8 Å². The van der Waals surface area contributed by atoms with Gasteiger partial charge in [-0.1, -0.05) is 6.07 Å². The lowest BCUT2D eigenvalue weighted by molar-refractivity contribution is 0.557. The van der Waals surface area contributed by atoms with Crippen LogP contribution in [0.15, 0.2) is 36.7 Å². The largest absolute Gasteiger partial charge is 0.341 e. The smallest absolute Gasteiger partial charge is 0.224 e. The Kier molecular flexibility index (Phi) is 3.80. The van der Waals surface area contributed by atoms with E-state index in [1.807, 2.05) is 28.7 Å². The normalized spacial score (nSPS) is 15.0. The molecule has 0 N–H and O–H groups in total. The van der Waals surface area contributed by atoms with Crippen molar-refractivity contribution in [2.45, 2.75) is 26.2 Å². The first-order chi connectivity index (χ1) is 11.7. The number of piperidine rings is 1. The lowest BCUT2D eigenvalue weighted by atomic mass is 10.1. The average Bonchev–Trinajstić information content (AvgIpc) is 3.25. The first kappa shape index (κ1) is 14.9. The molecule has 0 radical (unpaired) electrons. The molecule has 24 heavy (non-hydrogen) atoms. The maximum atomic E-state index is 4.84. The molecule has 3 heterocycles. The third kappa shape index (κ3) is 2.68. The molecule has 124 valence electrons. The molecule has 1 saturated heterocycles. The Hall–Kier alpha value is -2.63. The molecule has 1 aliphatic heterocycles.